The van der Waals surface area contributed by atoms with E-state index in [0.717, 1.165) is 11.1 Å². The first-order valence-electron chi connectivity index (χ1n) is 6.70. The predicted molar refractivity (Wildman–Crippen MR) is 75.7 cm³/mol. The molecule has 1 aromatic heterocycles. The largest absolute Gasteiger partial charge is 0.372 e. The van der Waals surface area contributed by atoms with Gasteiger partial charge >= 0.3 is 0 Å². The SMILES string of the molecule is NCc1cnc2ccc(N3CCCCC3)cc2c1. The molecule has 0 aliphatic carbocycles. The molecule has 2 aromatic rings. The van der Waals surface area contributed by atoms with E-state index in [1.807, 2.05) is 6.20 Å². The third-order valence-corrected chi connectivity index (χ3v) is 3.68. The molecule has 0 spiro atoms. The lowest BCUT2D eigenvalue weighted by atomic mass is 10.1. The van der Waals surface area contributed by atoms with Crippen LogP contribution in [-0.2, 0) is 6.54 Å². The lowest BCUT2D eigenvalue weighted by Crippen LogP contribution is -2.29. The lowest BCUT2D eigenvalue weighted by Gasteiger charge is -2.29. The van der Waals surface area contributed by atoms with Crippen LogP contribution in [-0.4, -0.2) is 18.1 Å². The molecule has 0 radical (unpaired) electrons. The summed E-state index contributed by atoms with van der Waals surface area (Å²) in [4.78, 5) is 6.91. The second-order valence-corrected chi connectivity index (χ2v) is 4.97. The van der Waals surface area contributed by atoms with E-state index in [1.165, 1.54) is 43.4 Å². The van der Waals surface area contributed by atoms with Gasteiger partial charge in [-0.25, -0.2) is 0 Å². The van der Waals surface area contributed by atoms with Crippen molar-refractivity contribution in [2.45, 2.75) is 25.8 Å². The Kier molecular flexibility index (Phi) is 3.15. The summed E-state index contributed by atoms with van der Waals surface area (Å²) in [5, 5.41) is 1.20. The van der Waals surface area contributed by atoms with Gasteiger partial charge in [-0.2, -0.15) is 0 Å². The van der Waals surface area contributed by atoms with Crippen LogP contribution < -0.4 is 10.6 Å². The fourth-order valence-electron chi connectivity index (χ4n) is 2.62. The molecule has 18 heavy (non-hydrogen) atoms. The highest BCUT2D eigenvalue weighted by Gasteiger charge is 2.11. The van der Waals surface area contributed by atoms with Crippen LogP contribution in [0.5, 0.6) is 0 Å². The van der Waals surface area contributed by atoms with Crippen molar-refractivity contribution in [3.05, 3.63) is 36.0 Å². The van der Waals surface area contributed by atoms with Gasteiger partial charge < -0.3 is 10.6 Å². The molecule has 1 fully saturated rings. The zero-order valence-corrected chi connectivity index (χ0v) is 10.6. The van der Waals surface area contributed by atoms with E-state index in [1.54, 1.807) is 0 Å². The maximum Gasteiger partial charge on any atom is 0.0703 e. The van der Waals surface area contributed by atoms with E-state index < -0.39 is 0 Å². The summed E-state index contributed by atoms with van der Waals surface area (Å²) in [7, 11) is 0. The van der Waals surface area contributed by atoms with Gasteiger partial charge in [-0.15, -0.1) is 0 Å². The number of piperidine rings is 1. The van der Waals surface area contributed by atoms with Crippen LogP contribution in [0.1, 0.15) is 24.8 Å². The third kappa shape index (κ3) is 2.18. The lowest BCUT2D eigenvalue weighted by molar-refractivity contribution is 0.578. The molecular formula is C15H19N3. The number of anilines is 1. The standard InChI is InChI=1S/C15H19N3/c16-10-12-8-13-9-14(4-5-15(13)17-11-12)18-6-2-1-3-7-18/h4-5,8-9,11H,1-3,6-7,10,16H2. The first kappa shape index (κ1) is 11.5. The summed E-state index contributed by atoms with van der Waals surface area (Å²) < 4.78 is 0. The normalized spacial score (nSPS) is 16.2. The fourth-order valence-corrected chi connectivity index (χ4v) is 2.62. The smallest absolute Gasteiger partial charge is 0.0703 e. The molecule has 3 rings (SSSR count). The summed E-state index contributed by atoms with van der Waals surface area (Å²) in [6.07, 6.45) is 5.84. The van der Waals surface area contributed by atoms with Gasteiger partial charge in [0.25, 0.3) is 0 Å². The number of hydrogen-bond acceptors (Lipinski definition) is 3. The quantitative estimate of drug-likeness (QED) is 0.879. The van der Waals surface area contributed by atoms with E-state index in [0.29, 0.717) is 6.54 Å². The molecule has 3 nitrogen and oxygen atoms in total. The summed E-state index contributed by atoms with van der Waals surface area (Å²) >= 11 is 0. The maximum atomic E-state index is 5.67. The van der Waals surface area contributed by atoms with Crippen LogP contribution in [0, 0.1) is 0 Å². The van der Waals surface area contributed by atoms with E-state index >= 15 is 0 Å². The molecule has 0 atom stereocenters. The summed E-state index contributed by atoms with van der Waals surface area (Å²) in [5.41, 5.74) is 9.13. The zero-order chi connectivity index (χ0) is 12.4. The van der Waals surface area contributed by atoms with Crippen molar-refractivity contribution in [1.82, 2.24) is 4.98 Å². The molecule has 2 N–H and O–H groups in total. The van der Waals surface area contributed by atoms with Gasteiger partial charge in [0.15, 0.2) is 0 Å². The van der Waals surface area contributed by atoms with Crippen LogP contribution in [0.15, 0.2) is 30.5 Å². The van der Waals surface area contributed by atoms with Crippen LogP contribution in [0.25, 0.3) is 10.9 Å². The van der Waals surface area contributed by atoms with E-state index in [4.69, 9.17) is 5.73 Å². The molecule has 0 amide bonds. The number of nitrogens with zero attached hydrogens (tertiary/aromatic N) is 2. The molecule has 1 saturated heterocycles. The van der Waals surface area contributed by atoms with Crippen molar-refractivity contribution in [2.24, 2.45) is 5.73 Å². The number of hydrogen-bond donors (Lipinski definition) is 1. The van der Waals surface area contributed by atoms with Crippen molar-refractivity contribution in [2.75, 3.05) is 18.0 Å². The highest BCUT2D eigenvalue weighted by atomic mass is 15.1. The Hall–Kier alpha value is -1.61. The van der Waals surface area contributed by atoms with Crippen LogP contribution in [0.3, 0.4) is 0 Å². The number of rotatable bonds is 2. The third-order valence-electron chi connectivity index (χ3n) is 3.68. The second kappa shape index (κ2) is 4.94. The fraction of sp³-hybridized carbons (Fsp3) is 0.400. The van der Waals surface area contributed by atoms with Gasteiger partial charge in [-0.3, -0.25) is 4.98 Å². The summed E-state index contributed by atoms with van der Waals surface area (Å²) in [6, 6.07) is 8.69. The van der Waals surface area contributed by atoms with Gasteiger partial charge in [0.05, 0.1) is 5.52 Å². The number of nitrogens with two attached hydrogens (primary N) is 1. The average Bonchev–Trinajstić information content (AvgIpc) is 2.47. The number of fused-ring (bicyclic) bond motifs is 1. The van der Waals surface area contributed by atoms with Crippen molar-refractivity contribution in [3.8, 4) is 0 Å². The Morgan fingerprint density at radius 3 is 2.72 bits per heavy atom. The average molecular weight is 241 g/mol. The molecule has 3 heteroatoms. The Labute approximate surface area is 108 Å². The molecule has 1 aliphatic rings. The monoisotopic (exact) mass is 241 g/mol. The minimum atomic E-state index is 0.552. The van der Waals surface area contributed by atoms with Crippen molar-refractivity contribution < 1.29 is 0 Å². The zero-order valence-electron chi connectivity index (χ0n) is 10.6. The molecular weight excluding hydrogens is 222 g/mol. The highest BCUT2D eigenvalue weighted by molar-refractivity contribution is 5.83. The molecule has 1 aromatic carbocycles. The molecule has 0 saturated carbocycles. The van der Waals surface area contributed by atoms with Crippen LogP contribution in [0.2, 0.25) is 0 Å². The van der Waals surface area contributed by atoms with Crippen molar-refractivity contribution >= 4 is 16.6 Å². The molecule has 0 bridgehead atoms. The molecule has 2 heterocycles. The second-order valence-electron chi connectivity index (χ2n) is 4.97. The topological polar surface area (TPSA) is 42.1 Å². The highest BCUT2D eigenvalue weighted by Crippen LogP contribution is 2.24. The Morgan fingerprint density at radius 1 is 1.11 bits per heavy atom. The first-order chi connectivity index (χ1) is 8.86. The molecule has 1 aliphatic heterocycles. The van der Waals surface area contributed by atoms with Crippen molar-refractivity contribution in [1.29, 1.82) is 0 Å². The number of benzene rings is 1. The van der Waals surface area contributed by atoms with Crippen LogP contribution >= 0.6 is 0 Å². The summed E-state index contributed by atoms with van der Waals surface area (Å²) in [6.45, 7) is 2.90. The predicted octanol–water partition coefficient (Wildman–Crippen LogP) is 2.68. The summed E-state index contributed by atoms with van der Waals surface area (Å²) in [5.74, 6) is 0. The molecule has 94 valence electrons. The van der Waals surface area contributed by atoms with E-state index in [-0.39, 0.29) is 0 Å². The van der Waals surface area contributed by atoms with Gasteiger partial charge in [0, 0.05) is 36.9 Å². The Bertz CT molecular complexity index is 544. The van der Waals surface area contributed by atoms with Gasteiger partial charge in [-0.1, -0.05) is 0 Å². The van der Waals surface area contributed by atoms with Gasteiger partial charge in [0.2, 0.25) is 0 Å². The van der Waals surface area contributed by atoms with Gasteiger partial charge in [0.1, 0.15) is 0 Å². The number of pyridine rings is 1. The minimum absolute atomic E-state index is 0.552. The maximum absolute atomic E-state index is 5.67. The van der Waals surface area contributed by atoms with E-state index in [9.17, 15) is 0 Å². The van der Waals surface area contributed by atoms with Gasteiger partial charge in [-0.05, 0) is 49.1 Å². The van der Waals surface area contributed by atoms with E-state index in [2.05, 4.69) is 34.1 Å². The Balaban J connectivity index is 1.97. The minimum Gasteiger partial charge on any atom is -0.372 e. The first-order valence-corrected chi connectivity index (χ1v) is 6.70. The number of aromatic nitrogens is 1. The molecule has 0 unspecified atom stereocenters. The van der Waals surface area contributed by atoms with Crippen molar-refractivity contribution in [3.63, 3.8) is 0 Å². The Morgan fingerprint density at radius 2 is 1.94 bits per heavy atom. The van der Waals surface area contributed by atoms with Crippen LogP contribution in [0.4, 0.5) is 5.69 Å².